The average molecular weight is 365 g/mol. The highest BCUT2D eigenvalue weighted by Gasteiger charge is 2.34. The monoisotopic (exact) mass is 364 g/mol. The van der Waals surface area contributed by atoms with Gasteiger partial charge in [0.1, 0.15) is 0 Å². The summed E-state index contributed by atoms with van der Waals surface area (Å²) in [6.07, 6.45) is 4.22. The molecule has 0 aromatic heterocycles. The molecular formula is C18H21ClN2O4. The molecule has 6 nitrogen and oxygen atoms in total. The molecular weight excluding hydrogens is 344 g/mol. The van der Waals surface area contributed by atoms with Gasteiger partial charge in [0.2, 0.25) is 5.91 Å². The molecule has 0 aliphatic heterocycles. The van der Waals surface area contributed by atoms with E-state index in [-0.39, 0.29) is 23.2 Å². The Bertz CT molecular complexity index is 715. The summed E-state index contributed by atoms with van der Waals surface area (Å²) in [7, 11) is 0. The average Bonchev–Trinajstić information content (AvgIpc) is 2.54. The number of nitrogens with one attached hydrogen (secondary N) is 2. The van der Waals surface area contributed by atoms with Gasteiger partial charge in [0.25, 0.3) is 5.91 Å². The Kier molecular flexibility index (Phi) is 6.20. The van der Waals surface area contributed by atoms with Crippen LogP contribution >= 0.6 is 11.6 Å². The second-order valence-electron chi connectivity index (χ2n) is 6.30. The lowest BCUT2D eigenvalue weighted by Crippen LogP contribution is -2.36. The molecule has 3 N–H and O–H groups in total. The van der Waals surface area contributed by atoms with Crippen molar-refractivity contribution in [3.8, 4) is 0 Å². The molecule has 0 spiro atoms. The van der Waals surface area contributed by atoms with E-state index in [4.69, 9.17) is 11.6 Å². The van der Waals surface area contributed by atoms with Crippen molar-refractivity contribution in [1.29, 1.82) is 0 Å². The first-order valence-corrected chi connectivity index (χ1v) is 8.46. The molecule has 1 aliphatic rings. The predicted molar refractivity (Wildman–Crippen MR) is 95.7 cm³/mol. The Morgan fingerprint density at radius 1 is 1.16 bits per heavy atom. The van der Waals surface area contributed by atoms with E-state index in [9.17, 15) is 19.5 Å². The third-order valence-corrected chi connectivity index (χ3v) is 4.23. The summed E-state index contributed by atoms with van der Waals surface area (Å²) < 4.78 is 0. The molecule has 0 radical (unpaired) electrons. The molecule has 0 saturated carbocycles. The van der Waals surface area contributed by atoms with Crippen LogP contribution in [0.3, 0.4) is 0 Å². The highest BCUT2D eigenvalue weighted by Crippen LogP contribution is 2.29. The number of allylic oxidation sites excluding steroid dienone is 2. The first-order valence-electron chi connectivity index (χ1n) is 8.08. The van der Waals surface area contributed by atoms with Gasteiger partial charge in [-0.05, 0) is 44.9 Å². The molecule has 2 amide bonds. The fraction of sp³-hybridized carbons (Fsp3) is 0.389. The summed E-state index contributed by atoms with van der Waals surface area (Å²) in [6, 6.07) is 4.52. The zero-order valence-electron chi connectivity index (χ0n) is 14.1. The third-order valence-electron chi connectivity index (χ3n) is 3.99. The van der Waals surface area contributed by atoms with Crippen LogP contribution in [0.5, 0.6) is 0 Å². The van der Waals surface area contributed by atoms with Crippen LogP contribution in [0.25, 0.3) is 0 Å². The van der Waals surface area contributed by atoms with Crippen LogP contribution in [0.2, 0.25) is 5.02 Å². The maximum atomic E-state index is 12.6. The minimum absolute atomic E-state index is 0.0633. The molecule has 2 rings (SSSR count). The molecule has 1 aromatic carbocycles. The van der Waals surface area contributed by atoms with Crippen LogP contribution < -0.4 is 10.6 Å². The quantitative estimate of drug-likeness (QED) is 0.699. The van der Waals surface area contributed by atoms with Crippen LogP contribution in [-0.2, 0) is 9.59 Å². The van der Waals surface area contributed by atoms with Crippen molar-refractivity contribution in [2.45, 2.75) is 32.7 Å². The van der Waals surface area contributed by atoms with E-state index in [1.807, 2.05) is 13.8 Å². The molecule has 0 fully saturated rings. The number of halogens is 1. The first-order chi connectivity index (χ1) is 11.8. The van der Waals surface area contributed by atoms with Gasteiger partial charge in [0, 0.05) is 11.1 Å². The summed E-state index contributed by atoms with van der Waals surface area (Å²) in [5.41, 5.74) is 0.555. The topological polar surface area (TPSA) is 95.5 Å². The van der Waals surface area contributed by atoms with Crippen LogP contribution in [0.4, 0.5) is 5.69 Å². The largest absolute Gasteiger partial charge is 0.481 e. The number of carboxylic acids is 1. The van der Waals surface area contributed by atoms with Crippen molar-refractivity contribution in [2.24, 2.45) is 11.8 Å². The van der Waals surface area contributed by atoms with E-state index in [1.165, 1.54) is 12.1 Å². The molecule has 1 aromatic rings. The molecule has 2 atom stereocenters. The molecule has 0 bridgehead atoms. The van der Waals surface area contributed by atoms with Gasteiger partial charge in [0.15, 0.2) is 0 Å². The number of anilines is 1. The Balaban J connectivity index is 2.25. The van der Waals surface area contributed by atoms with Gasteiger partial charge in [-0.15, -0.1) is 0 Å². The van der Waals surface area contributed by atoms with Crippen LogP contribution in [0.15, 0.2) is 30.4 Å². The van der Waals surface area contributed by atoms with Crippen LogP contribution in [0.1, 0.15) is 37.0 Å². The van der Waals surface area contributed by atoms with Gasteiger partial charge in [-0.2, -0.15) is 0 Å². The first kappa shape index (κ1) is 19.0. The van der Waals surface area contributed by atoms with Gasteiger partial charge in [0.05, 0.1) is 23.1 Å². The van der Waals surface area contributed by atoms with Crippen molar-refractivity contribution in [3.63, 3.8) is 0 Å². The highest BCUT2D eigenvalue weighted by molar-refractivity contribution is 6.31. The Hall–Kier alpha value is -2.34. The standard InChI is InChI=1S/C18H21ClN2O4/c1-10(2)20-17(23)14-8-7-11(19)9-15(14)21-16(22)12-5-3-4-6-13(12)18(24)25/h3-4,7-10,12-13H,5-6H2,1-2H3,(H,20,23)(H,21,22)(H,24,25)/t12-,13-/m0/s1. The molecule has 7 heteroatoms. The number of aliphatic carboxylic acids is 1. The van der Waals surface area contributed by atoms with E-state index in [0.29, 0.717) is 17.9 Å². The van der Waals surface area contributed by atoms with Crippen LogP contribution in [-0.4, -0.2) is 28.9 Å². The number of carboxylic acid groups (broad SMARTS) is 1. The minimum Gasteiger partial charge on any atom is -0.481 e. The summed E-state index contributed by atoms with van der Waals surface area (Å²) in [5, 5.41) is 15.1. The van der Waals surface area contributed by atoms with Gasteiger partial charge in [-0.25, -0.2) is 0 Å². The van der Waals surface area contributed by atoms with E-state index < -0.39 is 23.7 Å². The third kappa shape index (κ3) is 4.82. The molecule has 0 heterocycles. The Labute approximate surface area is 151 Å². The van der Waals surface area contributed by atoms with Gasteiger partial charge < -0.3 is 15.7 Å². The second-order valence-corrected chi connectivity index (χ2v) is 6.74. The Morgan fingerprint density at radius 3 is 2.40 bits per heavy atom. The fourth-order valence-corrected chi connectivity index (χ4v) is 2.93. The number of carbonyl (C=O) groups excluding carboxylic acids is 2. The number of benzene rings is 1. The van der Waals surface area contributed by atoms with Crippen molar-refractivity contribution in [2.75, 3.05) is 5.32 Å². The summed E-state index contributed by atoms with van der Waals surface area (Å²) in [5.74, 6) is -3.24. The predicted octanol–water partition coefficient (Wildman–Crippen LogP) is 3.08. The SMILES string of the molecule is CC(C)NC(=O)c1ccc(Cl)cc1NC(=O)[C@H]1CC=CC[C@@H]1C(=O)O. The zero-order valence-corrected chi connectivity index (χ0v) is 14.8. The van der Waals surface area contributed by atoms with Gasteiger partial charge in [-0.1, -0.05) is 23.8 Å². The molecule has 1 aliphatic carbocycles. The fourth-order valence-electron chi connectivity index (χ4n) is 2.76. The molecule has 0 saturated heterocycles. The lowest BCUT2D eigenvalue weighted by molar-refractivity contribution is -0.146. The van der Waals surface area contributed by atoms with Crippen LogP contribution in [0, 0.1) is 11.8 Å². The lowest BCUT2D eigenvalue weighted by atomic mass is 9.82. The zero-order chi connectivity index (χ0) is 18.6. The number of amides is 2. The summed E-state index contributed by atoms with van der Waals surface area (Å²) in [4.78, 5) is 36.3. The van der Waals surface area contributed by atoms with Crippen molar-refractivity contribution < 1.29 is 19.5 Å². The van der Waals surface area contributed by atoms with E-state index in [2.05, 4.69) is 10.6 Å². The minimum atomic E-state index is -1.01. The van der Waals surface area contributed by atoms with Gasteiger partial charge >= 0.3 is 5.97 Å². The van der Waals surface area contributed by atoms with Gasteiger partial charge in [-0.3, -0.25) is 14.4 Å². The van der Waals surface area contributed by atoms with Crippen molar-refractivity contribution in [1.82, 2.24) is 5.32 Å². The van der Waals surface area contributed by atoms with E-state index >= 15 is 0 Å². The summed E-state index contributed by atoms with van der Waals surface area (Å²) >= 11 is 5.99. The normalized spacial score (nSPS) is 19.5. The maximum absolute atomic E-state index is 12.6. The smallest absolute Gasteiger partial charge is 0.307 e. The lowest BCUT2D eigenvalue weighted by Gasteiger charge is -2.24. The number of hydrogen-bond acceptors (Lipinski definition) is 3. The van der Waals surface area contributed by atoms with Crippen molar-refractivity contribution in [3.05, 3.63) is 40.9 Å². The maximum Gasteiger partial charge on any atom is 0.307 e. The highest BCUT2D eigenvalue weighted by atomic mass is 35.5. The molecule has 134 valence electrons. The number of rotatable bonds is 5. The molecule has 25 heavy (non-hydrogen) atoms. The summed E-state index contributed by atoms with van der Waals surface area (Å²) in [6.45, 7) is 3.66. The van der Waals surface area contributed by atoms with Crippen molar-refractivity contribution >= 4 is 35.1 Å². The second kappa shape index (κ2) is 8.16. The number of carbonyl (C=O) groups is 3. The van der Waals surface area contributed by atoms with E-state index in [1.54, 1.807) is 18.2 Å². The Morgan fingerprint density at radius 2 is 1.80 bits per heavy atom. The number of hydrogen-bond donors (Lipinski definition) is 3. The molecule has 0 unspecified atom stereocenters. The van der Waals surface area contributed by atoms with E-state index in [0.717, 1.165) is 0 Å².